The number of rotatable bonds is 10. The van der Waals surface area contributed by atoms with Gasteiger partial charge in [-0.25, -0.2) is 8.42 Å². The molecule has 0 aromatic heterocycles. The van der Waals surface area contributed by atoms with Gasteiger partial charge < -0.3 is 14.8 Å². The van der Waals surface area contributed by atoms with Gasteiger partial charge in [0.15, 0.2) is 0 Å². The summed E-state index contributed by atoms with van der Waals surface area (Å²) in [7, 11) is -4.13. The van der Waals surface area contributed by atoms with Crippen LogP contribution in [0.25, 0.3) is 0 Å². The van der Waals surface area contributed by atoms with Crippen LogP contribution < -0.4 is 10.0 Å². The number of hydrogen-bond acceptors (Lipinski definition) is 5. The SMILES string of the molecule is O=C(NCCCOC[C@@H]1CCCO1)c1ccc(S(=O)(=O)Nc2cccc(C(F)(F)F)c2)cc1. The first-order chi connectivity index (χ1) is 15.6. The van der Waals surface area contributed by atoms with Crippen LogP contribution in [-0.4, -0.2) is 46.8 Å². The van der Waals surface area contributed by atoms with Crippen molar-refractivity contribution in [2.45, 2.75) is 36.4 Å². The Labute approximate surface area is 190 Å². The maximum atomic E-state index is 12.8. The van der Waals surface area contributed by atoms with Gasteiger partial charge in [0.05, 0.1) is 23.2 Å². The van der Waals surface area contributed by atoms with E-state index < -0.39 is 21.8 Å². The number of carbonyl (C=O) groups is 1. The summed E-state index contributed by atoms with van der Waals surface area (Å²) >= 11 is 0. The summed E-state index contributed by atoms with van der Waals surface area (Å²) in [5, 5.41) is 2.72. The molecule has 2 aromatic carbocycles. The van der Waals surface area contributed by atoms with Crippen LogP contribution >= 0.6 is 0 Å². The number of carbonyl (C=O) groups excluding carboxylic acids is 1. The Hall–Kier alpha value is -2.63. The van der Waals surface area contributed by atoms with E-state index in [0.717, 1.165) is 31.6 Å². The monoisotopic (exact) mass is 486 g/mol. The van der Waals surface area contributed by atoms with Gasteiger partial charge in [-0.1, -0.05) is 6.07 Å². The first-order valence-electron chi connectivity index (χ1n) is 10.4. The lowest BCUT2D eigenvalue weighted by Crippen LogP contribution is -2.25. The summed E-state index contributed by atoms with van der Waals surface area (Å²) in [6.07, 6.45) is -1.78. The smallest absolute Gasteiger partial charge is 0.379 e. The van der Waals surface area contributed by atoms with Gasteiger partial charge in [0, 0.05) is 31.0 Å². The molecule has 11 heteroatoms. The summed E-state index contributed by atoms with van der Waals surface area (Å²) in [5.41, 5.74) is -0.923. The minimum absolute atomic E-state index is 0.150. The molecule has 33 heavy (non-hydrogen) atoms. The molecule has 7 nitrogen and oxygen atoms in total. The van der Waals surface area contributed by atoms with E-state index in [1.54, 1.807) is 0 Å². The maximum absolute atomic E-state index is 12.8. The van der Waals surface area contributed by atoms with E-state index in [1.165, 1.54) is 30.3 Å². The molecular formula is C22H25F3N2O5S. The van der Waals surface area contributed by atoms with Crippen molar-refractivity contribution in [3.8, 4) is 0 Å². The highest BCUT2D eigenvalue weighted by Crippen LogP contribution is 2.31. The van der Waals surface area contributed by atoms with Gasteiger partial charge in [-0.2, -0.15) is 13.2 Å². The molecule has 0 aliphatic carbocycles. The highest BCUT2D eigenvalue weighted by atomic mass is 32.2. The minimum Gasteiger partial charge on any atom is -0.379 e. The van der Waals surface area contributed by atoms with E-state index >= 15 is 0 Å². The molecule has 1 saturated heterocycles. The zero-order valence-electron chi connectivity index (χ0n) is 17.7. The second kappa shape index (κ2) is 11.0. The van der Waals surface area contributed by atoms with Crippen LogP contribution in [0.1, 0.15) is 35.2 Å². The third-order valence-electron chi connectivity index (χ3n) is 4.95. The standard InChI is InChI=1S/C22H25F3N2O5S/c23-22(24,25)17-4-1-5-18(14-17)27-33(29,30)20-9-7-16(8-10-20)21(28)26-11-3-12-31-15-19-6-2-13-32-19/h1,4-5,7-10,14,19,27H,2-3,6,11-13,15H2,(H,26,28)/t19-/m0/s1. The number of amides is 1. The molecule has 2 aromatic rings. The number of nitrogens with one attached hydrogen (secondary N) is 2. The average Bonchev–Trinajstić information content (AvgIpc) is 3.29. The van der Waals surface area contributed by atoms with E-state index in [-0.39, 0.29) is 28.2 Å². The van der Waals surface area contributed by atoms with Crippen molar-refractivity contribution in [1.82, 2.24) is 5.32 Å². The van der Waals surface area contributed by atoms with Gasteiger partial charge in [0.25, 0.3) is 15.9 Å². The van der Waals surface area contributed by atoms with Gasteiger partial charge >= 0.3 is 6.18 Å². The molecule has 0 saturated carbocycles. The van der Waals surface area contributed by atoms with Crippen LogP contribution in [0.3, 0.4) is 0 Å². The zero-order chi connectivity index (χ0) is 23.9. The van der Waals surface area contributed by atoms with Crippen molar-refractivity contribution in [1.29, 1.82) is 0 Å². The predicted octanol–water partition coefficient (Wildman–Crippen LogP) is 3.82. The summed E-state index contributed by atoms with van der Waals surface area (Å²) in [6, 6.07) is 9.01. The molecule has 1 aliphatic heterocycles. The van der Waals surface area contributed by atoms with Crippen LogP contribution in [0.15, 0.2) is 53.4 Å². The first-order valence-corrected chi connectivity index (χ1v) is 11.9. The fourth-order valence-electron chi connectivity index (χ4n) is 3.23. The second-order valence-corrected chi connectivity index (χ2v) is 9.21. The number of halogens is 3. The number of benzene rings is 2. The third-order valence-corrected chi connectivity index (χ3v) is 6.34. The normalized spacial score (nSPS) is 16.5. The van der Waals surface area contributed by atoms with E-state index in [9.17, 15) is 26.4 Å². The van der Waals surface area contributed by atoms with Crippen LogP contribution in [0.4, 0.5) is 18.9 Å². The Morgan fingerprint density at radius 1 is 1.15 bits per heavy atom. The van der Waals surface area contributed by atoms with Crippen molar-refractivity contribution in [3.05, 3.63) is 59.7 Å². The van der Waals surface area contributed by atoms with E-state index in [1.807, 2.05) is 0 Å². The minimum atomic E-state index is -4.59. The van der Waals surface area contributed by atoms with Gasteiger partial charge in [0.1, 0.15) is 0 Å². The number of ether oxygens (including phenoxy) is 2. The van der Waals surface area contributed by atoms with Crippen molar-refractivity contribution >= 4 is 21.6 Å². The Morgan fingerprint density at radius 2 is 1.91 bits per heavy atom. The molecular weight excluding hydrogens is 461 g/mol. The molecule has 180 valence electrons. The van der Waals surface area contributed by atoms with E-state index in [0.29, 0.717) is 32.2 Å². The largest absolute Gasteiger partial charge is 0.416 e. The van der Waals surface area contributed by atoms with Crippen molar-refractivity contribution < 1.29 is 35.9 Å². The quantitative estimate of drug-likeness (QED) is 0.498. The molecule has 1 fully saturated rings. The molecule has 0 unspecified atom stereocenters. The van der Waals surface area contributed by atoms with Crippen LogP contribution in [0, 0.1) is 0 Å². The Bertz CT molecular complexity index is 1040. The molecule has 3 rings (SSSR count). The number of sulfonamides is 1. The zero-order valence-corrected chi connectivity index (χ0v) is 18.5. The lowest BCUT2D eigenvalue weighted by atomic mass is 10.2. The fraction of sp³-hybridized carbons (Fsp3) is 0.409. The van der Waals surface area contributed by atoms with E-state index in [2.05, 4.69) is 10.0 Å². The van der Waals surface area contributed by atoms with Crippen LogP contribution in [0.2, 0.25) is 0 Å². The van der Waals surface area contributed by atoms with Gasteiger partial charge in [-0.3, -0.25) is 9.52 Å². The molecule has 0 spiro atoms. The Kier molecular flexibility index (Phi) is 8.33. The number of hydrogen-bond donors (Lipinski definition) is 2. The fourth-order valence-corrected chi connectivity index (χ4v) is 4.28. The topological polar surface area (TPSA) is 93.7 Å². The van der Waals surface area contributed by atoms with Crippen LogP contribution in [-0.2, 0) is 25.7 Å². The Balaban J connectivity index is 1.48. The predicted molar refractivity (Wildman–Crippen MR) is 115 cm³/mol. The average molecular weight is 487 g/mol. The maximum Gasteiger partial charge on any atom is 0.416 e. The molecule has 0 radical (unpaired) electrons. The summed E-state index contributed by atoms with van der Waals surface area (Å²) < 4.78 is 76.6. The van der Waals surface area contributed by atoms with Crippen molar-refractivity contribution in [2.24, 2.45) is 0 Å². The van der Waals surface area contributed by atoms with Crippen molar-refractivity contribution in [3.63, 3.8) is 0 Å². The summed E-state index contributed by atoms with van der Waals surface area (Å²) in [5.74, 6) is -0.371. The lowest BCUT2D eigenvalue weighted by molar-refractivity contribution is -0.137. The molecule has 1 amide bonds. The third kappa shape index (κ3) is 7.44. The Morgan fingerprint density at radius 3 is 2.58 bits per heavy atom. The summed E-state index contributed by atoms with van der Waals surface area (Å²) in [6.45, 7) is 2.18. The highest BCUT2D eigenvalue weighted by Gasteiger charge is 2.30. The van der Waals surface area contributed by atoms with Crippen LogP contribution in [0.5, 0.6) is 0 Å². The molecule has 1 atom stereocenters. The lowest BCUT2D eigenvalue weighted by Gasteiger charge is -2.12. The van der Waals surface area contributed by atoms with Gasteiger partial charge in [0.2, 0.25) is 0 Å². The molecule has 1 heterocycles. The summed E-state index contributed by atoms with van der Waals surface area (Å²) in [4.78, 5) is 12.0. The molecule has 2 N–H and O–H groups in total. The van der Waals surface area contributed by atoms with E-state index in [4.69, 9.17) is 9.47 Å². The van der Waals surface area contributed by atoms with Gasteiger partial charge in [-0.15, -0.1) is 0 Å². The highest BCUT2D eigenvalue weighted by molar-refractivity contribution is 7.92. The second-order valence-electron chi connectivity index (χ2n) is 7.53. The molecule has 1 aliphatic rings. The number of alkyl halides is 3. The molecule has 0 bridgehead atoms. The number of anilines is 1. The van der Waals surface area contributed by atoms with Gasteiger partial charge in [-0.05, 0) is 61.7 Å². The first kappa shape index (κ1) is 25.0. The van der Waals surface area contributed by atoms with Crippen molar-refractivity contribution in [2.75, 3.05) is 31.1 Å².